The monoisotopic (exact) mass is 563 g/mol. The fraction of sp³-hybridized carbons (Fsp3) is 0.417. The number of nitrogens with zero attached hydrogens (tertiary/aromatic N) is 5. The number of hydrogen-bond acceptors (Lipinski definition) is 4. The highest BCUT2D eigenvalue weighted by Crippen LogP contribution is 2.15. The number of carbonyl (C=O) groups excluding carboxylic acids is 1. The van der Waals surface area contributed by atoms with Crippen molar-refractivity contribution in [2.75, 3.05) is 33.2 Å². The zero-order chi connectivity index (χ0) is 22.8. The zero-order valence-electron chi connectivity index (χ0n) is 19.6. The lowest BCUT2D eigenvalue weighted by Crippen LogP contribution is -2.39. The van der Waals surface area contributed by atoms with Crippen LogP contribution < -0.4 is 10.6 Å². The Morgan fingerprint density at radius 1 is 1.15 bits per heavy atom. The highest BCUT2D eigenvalue weighted by Gasteiger charge is 2.10. The Labute approximate surface area is 212 Å². The van der Waals surface area contributed by atoms with Gasteiger partial charge in [-0.25, -0.2) is 9.98 Å². The fourth-order valence-electron chi connectivity index (χ4n) is 3.48. The van der Waals surface area contributed by atoms with E-state index < -0.39 is 0 Å². The molecule has 3 aromatic rings. The lowest BCUT2D eigenvalue weighted by atomic mass is 10.2. The first-order valence-electron chi connectivity index (χ1n) is 11.2. The second kappa shape index (κ2) is 13.8. The molecular weight excluding hydrogens is 529 g/mol. The molecule has 0 fully saturated rings. The molecule has 1 amide bonds. The largest absolute Gasteiger partial charge is 0.357 e. The summed E-state index contributed by atoms with van der Waals surface area (Å²) in [7, 11) is 1.80. The molecule has 3 rings (SSSR count). The summed E-state index contributed by atoms with van der Waals surface area (Å²) < 4.78 is 2.24. The summed E-state index contributed by atoms with van der Waals surface area (Å²) in [6, 6.07) is 14.0. The summed E-state index contributed by atoms with van der Waals surface area (Å²) in [5, 5.41) is 6.54. The Morgan fingerprint density at radius 2 is 1.94 bits per heavy atom. The molecule has 0 spiro atoms. The average Bonchev–Trinajstić information content (AvgIpc) is 3.13. The molecule has 178 valence electrons. The molecule has 33 heavy (non-hydrogen) atoms. The maximum atomic E-state index is 12.5. The van der Waals surface area contributed by atoms with Gasteiger partial charge in [0.1, 0.15) is 12.4 Å². The molecule has 2 heterocycles. The number of hydrogen-bond donors (Lipinski definition) is 2. The lowest BCUT2D eigenvalue weighted by Gasteiger charge is -2.17. The number of aliphatic imine (C=N–C) groups is 1. The van der Waals surface area contributed by atoms with E-state index in [1.807, 2.05) is 50.2 Å². The van der Waals surface area contributed by atoms with E-state index in [-0.39, 0.29) is 36.4 Å². The third-order valence-electron chi connectivity index (χ3n) is 5.27. The van der Waals surface area contributed by atoms with Gasteiger partial charge in [0, 0.05) is 51.5 Å². The van der Waals surface area contributed by atoms with Crippen molar-refractivity contribution in [3.8, 4) is 0 Å². The lowest BCUT2D eigenvalue weighted by molar-refractivity contribution is -0.128. The quantitative estimate of drug-likeness (QED) is 0.172. The summed E-state index contributed by atoms with van der Waals surface area (Å²) in [6.45, 7) is 7.14. The van der Waals surface area contributed by atoms with E-state index >= 15 is 0 Å². The van der Waals surface area contributed by atoms with E-state index in [0.717, 1.165) is 55.0 Å². The number of fused-ring (bicyclic) bond motifs is 1. The van der Waals surface area contributed by atoms with Crippen LogP contribution in [-0.4, -0.2) is 64.5 Å². The number of rotatable bonds is 10. The Balaban J connectivity index is 0.00000385. The van der Waals surface area contributed by atoms with Crippen LogP contribution in [-0.2, 0) is 17.8 Å². The van der Waals surface area contributed by atoms with Crippen molar-refractivity contribution in [1.29, 1.82) is 0 Å². The van der Waals surface area contributed by atoms with Gasteiger partial charge in [-0.2, -0.15) is 0 Å². The first-order valence-corrected chi connectivity index (χ1v) is 11.2. The minimum absolute atomic E-state index is 0. The number of guanidine groups is 1. The maximum Gasteiger partial charge on any atom is 0.244 e. The topological polar surface area (TPSA) is 87.4 Å². The number of aryl methyl sites for hydroxylation is 2. The van der Waals surface area contributed by atoms with Crippen LogP contribution in [0.5, 0.6) is 0 Å². The molecule has 0 aliphatic heterocycles. The normalized spacial score (nSPS) is 11.2. The van der Waals surface area contributed by atoms with Crippen LogP contribution in [0.2, 0.25) is 0 Å². The SMILES string of the molecule is CCNC(=NCC(=O)N(C)CCc1ccccn1)NCCCn1c(C)nc2ccccc21.I. The Morgan fingerprint density at radius 3 is 2.70 bits per heavy atom. The summed E-state index contributed by atoms with van der Waals surface area (Å²) in [5.41, 5.74) is 3.16. The molecule has 9 heteroatoms. The number of halogens is 1. The predicted octanol–water partition coefficient (Wildman–Crippen LogP) is 3.00. The van der Waals surface area contributed by atoms with E-state index in [9.17, 15) is 4.79 Å². The van der Waals surface area contributed by atoms with Gasteiger partial charge in [-0.1, -0.05) is 18.2 Å². The minimum Gasteiger partial charge on any atom is -0.357 e. The summed E-state index contributed by atoms with van der Waals surface area (Å²) in [6.07, 6.45) is 3.42. The third kappa shape index (κ3) is 7.99. The summed E-state index contributed by atoms with van der Waals surface area (Å²) >= 11 is 0. The van der Waals surface area contributed by atoms with Crippen molar-refractivity contribution in [1.82, 2.24) is 30.1 Å². The van der Waals surface area contributed by atoms with E-state index in [1.165, 1.54) is 0 Å². The van der Waals surface area contributed by atoms with Gasteiger partial charge < -0.3 is 20.1 Å². The number of amides is 1. The zero-order valence-corrected chi connectivity index (χ0v) is 22.0. The predicted molar refractivity (Wildman–Crippen MR) is 144 cm³/mol. The molecule has 8 nitrogen and oxygen atoms in total. The number of benzene rings is 1. The summed E-state index contributed by atoms with van der Waals surface area (Å²) in [4.78, 5) is 27.5. The number of carbonyl (C=O) groups is 1. The number of likely N-dealkylation sites (N-methyl/N-ethyl adjacent to an activating group) is 1. The van der Waals surface area contributed by atoms with Gasteiger partial charge in [-0.3, -0.25) is 9.78 Å². The molecule has 0 aliphatic carbocycles. The van der Waals surface area contributed by atoms with Gasteiger partial charge in [0.15, 0.2) is 5.96 Å². The van der Waals surface area contributed by atoms with Gasteiger partial charge >= 0.3 is 0 Å². The molecule has 0 atom stereocenters. The molecular formula is C24H34IN7O. The number of aromatic nitrogens is 3. The summed E-state index contributed by atoms with van der Waals surface area (Å²) in [5.74, 6) is 1.66. The number of para-hydroxylation sites is 2. The third-order valence-corrected chi connectivity index (χ3v) is 5.27. The minimum atomic E-state index is -0.0151. The highest BCUT2D eigenvalue weighted by atomic mass is 127. The molecule has 0 saturated carbocycles. The van der Waals surface area contributed by atoms with Crippen molar-refractivity contribution >= 4 is 46.9 Å². The van der Waals surface area contributed by atoms with Crippen LogP contribution in [0.3, 0.4) is 0 Å². The Kier molecular flexibility index (Phi) is 11.1. The van der Waals surface area contributed by atoms with E-state index in [1.54, 1.807) is 18.1 Å². The Hall–Kier alpha value is -2.69. The van der Waals surface area contributed by atoms with Gasteiger partial charge in [-0.05, 0) is 44.5 Å². The maximum absolute atomic E-state index is 12.5. The fourth-order valence-corrected chi connectivity index (χ4v) is 3.48. The van der Waals surface area contributed by atoms with Crippen molar-refractivity contribution in [3.05, 3.63) is 60.2 Å². The molecule has 2 N–H and O–H groups in total. The molecule has 2 aromatic heterocycles. The van der Waals surface area contributed by atoms with Crippen molar-refractivity contribution < 1.29 is 4.79 Å². The first kappa shape index (κ1) is 26.6. The van der Waals surface area contributed by atoms with Crippen molar-refractivity contribution in [3.63, 3.8) is 0 Å². The van der Waals surface area contributed by atoms with Crippen LogP contribution in [0.4, 0.5) is 0 Å². The van der Waals surface area contributed by atoms with E-state index in [4.69, 9.17) is 0 Å². The van der Waals surface area contributed by atoms with Gasteiger partial charge in [0.05, 0.1) is 11.0 Å². The van der Waals surface area contributed by atoms with Crippen LogP contribution in [0, 0.1) is 6.92 Å². The molecule has 0 bridgehead atoms. The van der Waals surface area contributed by atoms with Crippen molar-refractivity contribution in [2.45, 2.75) is 33.2 Å². The van der Waals surface area contributed by atoms with Crippen molar-refractivity contribution in [2.24, 2.45) is 4.99 Å². The molecule has 0 radical (unpaired) electrons. The van der Waals surface area contributed by atoms with E-state index in [0.29, 0.717) is 12.5 Å². The Bertz CT molecular complexity index is 1040. The van der Waals surface area contributed by atoms with Crippen LogP contribution >= 0.6 is 24.0 Å². The van der Waals surface area contributed by atoms with Gasteiger partial charge in [0.2, 0.25) is 5.91 Å². The number of nitrogens with one attached hydrogen (secondary N) is 2. The smallest absolute Gasteiger partial charge is 0.244 e. The number of pyridine rings is 1. The van der Waals surface area contributed by atoms with Crippen LogP contribution in [0.15, 0.2) is 53.7 Å². The second-order valence-corrected chi connectivity index (χ2v) is 7.66. The van der Waals surface area contributed by atoms with Crippen LogP contribution in [0.25, 0.3) is 11.0 Å². The first-order chi connectivity index (χ1) is 15.6. The average molecular weight is 563 g/mol. The van der Waals surface area contributed by atoms with Gasteiger partial charge in [0.25, 0.3) is 0 Å². The highest BCUT2D eigenvalue weighted by molar-refractivity contribution is 14.0. The van der Waals surface area contributed by atoms with E-state index in [2.05, 4.69) is 36.2 Å². The van der Waals surface area contributed by atoms with Gasteiger partial charge in [-0.15, -0.1) is 24.0 Å². The molecule has 0 saturated heterocycles. The molecule has 0 aliphatic rings. The standard InChI is InChI=1S/C24H33N7O.HI/c1-4-25-24(28-18-23(32)30(3)17-13-20-10-7-8-14-26-20)27-15-9-16-31-19(2)29-21-11-5-6-12-22(21)31;/h5-8,10-12,14H,4,9,13,15-18H2,1-3H3,(H2,25,27,28);1H. The molecule has 0 unspecified atom stereocenters. The van der Waals surface area contributed by atoms with Crippen LogP contribution in [0.1, 0.15) is 24.9 Å². The molecule has 1 aromatic carbocycles. The second-order valence-electron chi connectivity index (χ2n) is 7.66. The number of imidazole rings is 1.